The lowest BCUT2D eigenvalue weighted by Crippen LogP contribution is -2.42. The van der Waals surface area contributed by atoms with Crippen LogP contribution in [0.2, 0.25) is 0 Å². The van der Waals surface area contributed by atoms with Gasteiger partial charge >= 0.3 is 30.9 Å². The fraction of sp³-hybridized carbons (Fsp3) is 0.152. The van der Waals surface area contributed by atoms with Crippen LogP contribution < -0.4 is 46.4 Å². The Bertz CT molecular complexity index is 6580. The SMILES string of the molecule is C.CCn1c(=O)oc2cc(-c3c[nH]c(=O)cc3C)ccc21.CCn1c(=O)oc2cc(-c3cnc(OC)cc3C)ccc21.COc1cc(C)c(-c2ccc3c(c2)OC(=O)C3C(c2ccccc2)(c2ccccc2)c2ccccc2)cn1.COc1cc(C)c(O[B]O)cn1.O=c1oc2cc(Br)ccc2n1C(c1ccccc1)(c1ccccc1)c1ccccc1. The van der Waals surface area contributed by atoms with Gasteiger partial charge in [0.2, 0.25) is 23.2 Å². The van der Waals surface area contributed by atoms with Crippen LogP contribution in [0.3, 0.4) is 0 Å². The molecule has 18 rings (SSSR count). The molecule has 10 aromatic carbocycles. The molecule has 7 aromatic heterocycles. The van der Waals surface area contributed by atoms with E-state index in [1.807, 2.05) is 230 Å². The molecular formula is C99H88BBrN7O14. The van der Waals surface area contributed by atoms with Crippen LogP contribution in [0.15, 0.2) is 341 Å². The Labute approximate surface area is 713 Å². The summed E-state index contributed by atoms with van der Waals surface area (Å²) in [5.74, 6) is 0.855. The van der Waals surface area contributed by atoms with Crippen molar-refractivity contribution >= 4 is 62.9 Å². The minimum absolute atomic E-state index is 0. The summed E-state index contributed by atoms with van der Waals surface area (Å²) in [4.78, 5) is 77.2. The molecule has 0 amide bonds. The molecule has 1 aliphatic heterocycles. The van der Waals surface area contributed by atoms with E-state index < -0.39 is 22.6 Å². The highest BCUT2D eigenvalue weighted by atomic mass is 79.9. The number of hydrogen-bond donors (Lipinski definition) is 2. The van der Waals surface area contributed by atoms with Crippen molar-refractivity contribution in [2.75, 3.05) is 21.3 Å². The van der Waals surface area contributed by atoms with Crippen molar-refractivity contribution in [3.63, 3.8) is 0 Å². The molecule has 21 nitrogen and oxygen atoms in total. The van der Waals surface area contributed by atoms with Crippen LogP contribution in [0.1, 0.15) is 88.4 Å². The maximum absolute atomic E-state index is 13.9. The number of hydrogen-bond acceptors (Lipinski definition) is 17. The van der Waals surface area contributed by atoms with Gasteiger partial charge in [0.15, 0.2) is 16.7 Å². The highest BCUT2D eigenvalue weighted by molar-refractivity contribution is 9.10. The zero-order valence-electron chi connectivity index (χ0n) is 67.8. The number of aryl methyl sites for hydroxylation is 6. The zero-order chi connectivity index (χ0) is 84.9. The molecule has 0 bridgehead atoms. The van der Waals surface area contributed by atoms with Gasteiger partial charge in [-0.1, -0.05) is 230 Å². The highest BCUT2D eigenvalue weighted by Gasteiger charge is 2.53. The second-order valence-electron chi connectivity index (χ2n) is 28.4. The van der Waals surface area contributed by atoms with Crippen molar-refractivity contribution in [1.29, 1.82) is 0 Å². The first-order chi connectivity index (χ1) is 58.8. The third-order valence-electron chi connectivity index (χ3n) is 21.4. The molecule has 0 fully saturated rings. The molecule has 1 radical (unpaired) electrons. The number of pyridine rings is 4. The summed E-state index contributed by atoms with van der Waals surface area (Å²) in [6, 6.07) is 91.2. The number of rotatable bonds is 18. The average Bonchev–Trinajstić information content (AvgIpc) is 0.901. The van der Waals surface area contributed by atoms with Crippen molar-refractivity contribution < 1.29 is 46.7 Å². The van der Waals surface area contributed by atoms with E-state index >= 15 is 0 Å². The minimum Gasteiger partial charge on any atom is -0.536 e. The number of fused-ring (bicyclic) bond motifs is 4. The summed E-state index contributed by atoms with van der Waals surface area (Å²) < 4.78 is 48.2. The van der Waals surface area contributed by atoms with Gasteiger partial charge in [-0.05, 0) is 162 Å². The monoisotopic (exact) mass is 1690 g/mol. The predicted octanol–water partition coefficient (Wildman–Crippen LogP) is 19.5. The number of carbonyl (C=O) groups is 1. The van der Waals surface area contributed by atoms with E-state index in [9.17, 15) is 24.0 Å². The average molecular weight is 1690 g/mol. The molecular weight excluding hydrogens is 1600 g/mol. The van der Waals surface area contributed by atoms with Crippen LogP contribution >= 0.6 is 15.9 Å². The van der Waals surface area contributed by atoms with Crippen LogP contribution in [-0.4, -0.2) is 73.6 Å². The predicted molar refractivity (Wildman–Crippen MR) is 480 cm³/mol. The summed E-state index contributed by atoms with van der Waals surface area (Å²) in [7, 11) is 5.36. The Hall–Kier alpha value is -14.4. The molecule has 1 aliphatic rings. The van der Waals surface area contributed by atoms with E-state index in [4.69, 9.17) is 41.9 Å². The first-order valence-electron chi connectivity index (χ1n) is 39.0. The molecule has 1 unspecified atom stereocenters. The number of carbonyl (C=O) groups excluding carboxylic acids is 1. The molecule has 122 heavy (non-hydrogen) atoms. The number of oxazole rings is 3. The van der Waals surface area contributed by atoms with Crippen molar-refractivity contribution in [3.8, 4) is 62.5 Å². The molecule has 2 N–H and O–H groups in total. The van der Waals surface area contributed by atoms with Gasteiger partial charge in [0.05, 0.1) is 49.5 Å². The lowest BCUT2D eigenvalue weighted by atomic mass is 9.60. The fourth-order valence-electron chi connectivity index (χ4n) is 15.7. The van der Waals surface area contributed by atoms with Crippen LogP contribution in [0.5, 0.6) is 29.1 Å². The number of aromatic nitrogens is 7. The lowest BCUT2D eigenvalue weighted by molar-refractivity contribution is -0.135. The summed E-state index contributed by atoms with van der Waals surface area (Å²) >= 11 is 3.48. The molecule has 0 aliphatic carbocycles. The van der Waals surface area contributed by atoms with Crippen molar-refractivity contribution in [3.05, 3.63) is 412 Å². The van der Waals surface area contributed by atoms with Gasteiger partial charge in [-0.25, -0.2) is 29.3 Å². The van der Waals surface area contributed by atoms with Gasteiger partial charge in [0, 0.05) is 82.7 Å². The Morgan fingerprint density at radius 2 is 0.828 bits per heavy atom. The van der Waals surface area contributed by atoms with Gasteiger partial charge in [-0.3, -0.25) is 23.3 Å². The van der Waals surface area contributed by atoms with Crippen molar-refractivity contribution in [2.24, 2.45) is 0 Å². The largest absolute Gasteiger partial charge is 0.569 e. The molecule has 23 heteroatoms. The Balaban J connectivity index is 0.000000137. The van der Waals surface area contributed by atoms with Gasteiger partial charge in [0.25, 0.3) is 0 Å². The van der Waals surface area contributed by atoms with E-state index in [1.165, 1.54) is 6.20 Å². The van der Waals surface area contributed by atoms with Gasteiger partial charge in [0.1, 0.15) is 23.0 Å². The maximum Gasteiger partial charge on any atom is 0.569 e. The van der Waals surface area contributed by atoms with Gasteiger partial charge in [-0.2, -0.15) is 0 Å². The molecule has 613 valence electrons. The van der Waals surface area contributed by atoms with Crippen LogP contribution in [0.25, 0.3) is 66.7 Å². The topological polar surface area (TPSA) is 260 Å². The fourth-order valence-corrected chi connectivity index (χ4v) is 16.1. The van der Waals surface area contributed by atoms with Crippen LogP contribution in [-0.2, 0) is 28.8 Å². The van der Waals surface area contributed by atoms with Gasteiger partial charge < -0.3 is 46.9 Å². The van der Waals surface area contributed by atoms with E-state index in [2.05, 4.69) is 115 Å². The highest BCUT2D eigenvalue weighted by Crippen LogP contribution is 2.55. The van der Waals surface area contributed by atoms with Crippen LogP contribution in [0.4, 0.5) is 0 Å². The number of methoxy groups -OCH3 is 3. The molecule has 8 heterocycles. The number of halogens is 1. The molecule has 0 spiro atoms. The Morgan fingerprint density at radius 3 is 1.25 bits per heavy atom. The third-order valence-corrected chi connectivity index (χ3v) is 21.9. The second-order valence-corrected chi connectivity index (χ2v) is 29.3. The molecule has 17 aromatic rings. The normalized spacial score (nSPS) is 12.0. The molecule has 0 saturated carbocycles. The van der Waals surface area contributed by atoms with E-state index in [0.717, 1.165) is 116 Å². The Morgan fingerprint density at radius 1 is 0.443 bits per heavy atom. The van der Waals surface area contributed by atoms with Crippen LogP contribution in [0, 0.1) is 27.7 Å². The number of nitrogens with one attached hydrogen (secondary N) is 1. The number of aromatic amines is 1. The first-order valence-corrected chi connectivity index (χ1v) is 39.8. The lowest BCUT2D eigenvalue weighted by Gasteiger charge is -2.39. The first kappa shape index (κ1) is 85.5. The summed E-state index contributed by atoms with van der Waals surface area (Å²) in [6.07, 6.45) is 6.73. The standard InChI is InChI=1S/C34H27NO3.C26H18BrNO2.C16H16N2O3.C15H14N2O3.C7H9BNO3.CH4/c1-23-20-31(37-2)35-22-29(23)24-18-19-28-30(21-24)38-33(36)32(28)34(25-12-6-3-7-13-25,26-14-8-4-9-15-26)27-16-10-5-11-17-27;27-22-16-17-23-24(18-22)30-25(29)28(23)26(19-10-4-1-5-11-19,20-12-6-2-7-13-20)21-14-8-3-9-15-21;1-4-18-13-6-5-11(8-14(13)21-16(18)19)12-9-17-15(20-3)7-10(12)2;1-3-17-12-5-4-10(7-13(12)20-15(17)19)11-8-16-14(18)6-9(11)2;1-5-3-7(11-2)9-4-6(5)12-8-10;/h3-22,32H,1-2H3;1-18H;5-9H,4H2,1-3H3;4-8H,3H2,1-2H3,(H,16,18);3-4,10H,1-2H3;1H4. The number of benzene rings is 10. The second kappa shape index (κ2) is 38.1. The number of ether oxygens (including phenoxy) is 4. The number of nitrogens with zero attached hydrogens (tertiary/aromatic N) is 6. The summed E-state index contributed by atoms with van der Waals surface area (Å²) in [6.45, 7) is 12.7. The van der Waals surface area contributed by atoms with Gasteiger partial charge in [-0.15, -0.1) is 0 Å². The zero-order valence-corrected chi connectivity index (χ0v) is 69.3. The van der Waals surface area contributed by atoms with Crippen molar-refractivity contribution in [1.82, 2.24) is 33.6 Å². The Kier molecular flexibility index (Phi) is 26.7. The molecule has 1 atom stereocenters. The maximum atomic E-state index is 13.9. The minimum atomic E-state index is -0.889. The summed E-state index contributed by atoms with van der Waals surface area (Å²) in [5.41, 5.74) is 18.6. The summed E-state index contributed by atoms with van der Waals surface area (Å²) in [5, 5.41) is 8.36. The van der Waals surface area contributed by atoms with E-state index in [0.29, 0.717) is 66.7 Å². The quantitative estimate of drug-likeness (QED) is 0.0350. The third kappa shape index (κ3) is 17.3. The van der Waals surface area contributed by atoms with E-state index in [-0.39, 0.29) is 30.5 Å². The van der Waals surface area contributed by atoms with E-state index in [1.54, 1.807) is 65.8 Å². The smallest absolute Gasteiger partial charge is 0.536 e. The number of H-pyrrole nitrogens is 1. The number of esters is 1. The van der Waals surface area contributed by atoms with Crippen molar-refractivity contribution in [2.45, 2.75) is 78.9 Å². The molecule has 0 saturated heterocycles.